The molecule has 0 bridgehead atoms. The van der Waals surface area contributed by atoms with E-state index in [0.29, 0.717) is 16.4 Å². The van der Waals surface area contributed by atoms with Gasteiger partial charge in [-0.15, -0.1) is 5.10 Å². The molecule has 0 aliphatic heterocycles. The smallest absolute Gasteiger partial charge is 0.270 e. The molecule has 1 unspecified atom stereocenters. The van der Waals surface area contributed by atoms with Crippen molar-refractivity contribution in [1.29, 1.82) is 0 Å². The van der Waals surface area contributed by atoms with Gasteiger partial charge in [-0.2, -0.15) is 4.98 Å². The summed E-state index contributed by atoms with van der Waals surface area (Å²) in [5, 5.41) is 7.24. The minimum absolute atomic E-state index is 0.0763. The highest BCUT2D eigenvalue weighted by Crippen LogP contribution is 2.15. The molecule has 0 radical (unpaired) electrons. The molecule has 1 amide bonds. The van der Waals surface area contributed by atoms with Gasteiger partial charge in [-0.1, -0.05) is 18.5 Å². The third kappa shape index (κ3) is 2.38. The number of anilines is 1. The van der Waals surface area contributed by atoms with E-state index >= 15 is 0 Å². The van der Waals surface area contributed by atoms with Crippen LogP contribution in [0, 0.1) is 0 Å². The van der Waals surface area contributed by atoms with E-state index in [0.717, 1.165) is 6.42 Å². The van der Waals surface area contributed by atoms with Crippen molar-refractivity contribution >= 4 is 29.1 Å². The molecule has 1 atom stereocenters. The second-order valence-electron chi connectivity index (χ2n) is 4.08. The average Bonchev–Trinajstić information content (AvgIpc) is 2.67. The number of amides is 1. The molecule has 2 heterocycles. The van der Waals surface area contributed by atoms with Gasteiger partial charge in [0.05, 0.1) is 0 Å². The van der Waals surface area contributed by atoms with Gasteiger partial charge in [0.15, 0.2) is 5.65 Å². The van der Waals surface area contributed by atoms with Gasteiger partial charge in [0.1, 0.15) is 5.69 Å². The largest absolute Gasteiger partial charge is 0.366 e. The van der Waals surface area contributed by atoms with Gasteiger partial charge in [0.25, 0.3) is 5.91 Å². The number of nitrogens with one attached hydrogen (secondary N) is 1. The van der Waals surface area contributed by atoms with Gasteiger partial charge in [-0.25, -0.2) is 4.52 Å². The summed E-state index contributed by atoms with van der Waals surface area (Å²) < 4.78 is 1.39. The Labute approximate surface area is 109 Å². The molecule has 2 aromatic rings. The molecule has 0 spiro atoms. The molecule has 0 aliphatic rings. The maximum Gasteiger partial charge on any atom is 0.270 e. The van der Waals surface area contributed by atoms with E-state index in [9.17, 15) is 4.79 Å². The fourth-order valence-corrected chi connectivity index (χ4v) is 1.73. The molecule has 0 fully saturated rings. The van der Waals surface area contributed by atoms with E-state index in [2.05, 4.69) is 15.4 Å². The van der Waals surface area contributed by atoms with Crippen LogP contribution in [0.4, 0.5) is 5.95 Å². The fourth-order valence-electron chi connectivity index (χ4n) is 1.53. The van der Waals surface area contributed by atoms with Crippen LogP contribution in [0.5, 0.6) is 0 Å². The van der Waals surface area contributed by atoms with E-state index in [1.165, 1.54) is 4.52 Å². The van der Waals surface area contributed by atoms with Crippen molar-refractivity contribution in [3.05, 3.63) is 22.8 Å². The fraction of sp³-hybridized carbons (Fsp3) is 0.364. The van der Waals surface area contributed by atoms with Crippen molar-refractivity contribution in [2.24, 2.45) is 0 Å². The standard InChI is InChI=1S/C11H14ClN5O/c1-3-6(2)14-10(18)8-4-7(12)5-9-15-11(13)16-17(8)9/h4-6H,3H2,1-2H3,(H2,13,16)(H,14,18). The Hall–Kier alpha value is -1.82. The molecule has 0 saturated carbocycles. The van der Waals surface area contributed by atoms with Crippen molar-refractivity contribution in [3.8, 4) is 0 Å². The summed E-state index contributed by atoms with van der Waals surface area (Å²) in [6, 6.07) is 3.22. The normalized spacial score (nSPS) is 12.6. The molecule has 96 valence electrons. The minimum atomic E-state index is -0.248. The highest BCUT2D eigenvalue weighted by atomic mass is 35.5. The van der Waals surface area contributed by atoms with E-state index in [4.69, 9.17) is 17.3 Å². The van der Waals surface area contributed by atoms with Crippen LogP contribution in [0.25, 0.3) is 5.65 Å². The van der Waals surface area contributed by atoms with Gasteiger partial charge in [0.2, 0.25) is 5.95 Å². The van der Waals surface area contributed by atoms with Gasteiger partial charge < -0.3 is 11.1 Å². The number of nitrogens with two attached hydrogens (primary N) is 1. The number of hydrogen-bond donors (Lipinski definition) is 2. The Morgan fingerprint density at radius 2 is 2.33 bits per heavy atom. The molecular weight excluding hydrogens is 254 g/mol. The van der Waals surface area contributed by atoms with E-state index in [-0.39, 0.29) is 17.9 Å². The Kier molecular flexibility index (Phi) is 3.38. The number of fused-ring (bicyclic) bond motifs is 1. The van der Waals surface area contributed by atoms with Gasteiger partial charge in [-0.3, -0.25) is 4.79 Å². The summed E-state index contributed by atoms with van der Waals surface area (Å²) in [5.41, 5.74) is 6.29. The van der Waals surface area contributed by atoms with Crippen LogP contribution in [0.2, 0.25) is 5.02 Å². The van der Waals surface area contributed by atoms with Crippen molar-refractivity contribution in [3.63, 3.8) is 0 Å². The summed E-state index contributed by atoms with van der Waals surface area (Å²) in [6.07, 6.45) is 0.842. The number of carbonyl (C=O) groups is 1. The highest BCUT2D eigenvalue weighted by Gasteiger charge is 2.15. The summed E-state index contributed by atoms with van der Waals surface area (Å²) >= 11 is 5.95. The topological polar surface area (TPSA) is 85.3 Å². The van der Waals surface area contributed by atoms with E-state index < -0.39 is 0 Å². The lowest BCUT2D eigenvalue weighted by Crippen LogP contribution is -2.33. The van der Waals surface area contributed by atoms with E-state index in [1.807, 2.05) is 13.8 Å². The summed E-state index contributed by atoms with van der Waals surface area (Å²) in [4.78, 5) is 16.1. The number of rotatable bonds is 3. The van der Waals surface area contributed by atoms with Crippen LogP contribution >= 0.6 is 11.6 Å². The highest BCUT2D eigenvalue weighted by molar-refractivity contribution is 6.31. The van der Waals surface area contributed by atoms with Gasteiger partial charge >= 0.3 is 0 Å². The number of hydrogen-bond acceptors (Lipinski definition) is 4. The number of halogens is 1. The molecule has 3 N–H and O–H groups in total. The second kappa shape index (κ2) is 4.81. The zero-order valence-electron chi connectivity index (χ0n) is 10.1. The second-order valence-corrected chi connectivity index (χ2v) is 4.52. The SMILES string of the molecule is CCC(C)NC(=O)c1cc(Cl)cc2nc(N)nn12. The van der Waals surface area contributed by atoms with Crippen molar-refractivity contribution < 1.29 is 4.79 Å². The summed E-state index contributed by atoms with van der Waals surface area (Å²) in [7, 11) is 0. The molecule has 0 aliphatic carbocycles. The number of nitrogens with zero attached hydrogens (tertiary/aromatic N) is 3. The van der Waals surface area contributed by atoms with Crippen molar-refractivity contribution in [2.45, 2.75) is 26.3 Å². The number of nitrogen functional groups attached to an aromatic ring is 1. The first-order valence-corrected chi connectivity index (χ1v) is 6.01. The molecule has 2 rings (SSSR count). The molecule has 18 heavy (non-hydrogen) atoms. The Bertz CT molecular complexity index is 594. The van der Waals surface area contributed by atoms with Crippen molar-refractivity contribution in [2.75, 3.05) is 5.73 Å². The van der Waals surface area contributed by atoms with E-state index in [1.54, 1.807) is 12.1 Å². The quantitative estimate of drug-likeness (QED) is 0.882. The lowest BCUT2D eigenvalue weighted by molar-refractivity contribution is 0.0932. The molecule has 6 nitrogen and oxygen atoms in total. The monoisotopic (exact) mass is 267 g/mol. The van der Waals surface area contributed by atoms with Gasteiger partial charge in [0, 0.05) is 17.1 Å². The lowest BCUT2D eigenvalue weighted by Gasteiger charge is -2.11. The maximum atomic E-state index is 12.1. The molecule has 0 saturated heterocycles. The summed E-state index contributed by atoms with van der Waals surface area (Å²) in [6.45, 7) is 3.92. The zero-order valence-corrected chi connectivity index (χ0v) is 10.9. The summed E-state index contributed by atoms with van der Waals surface area (Å²) in [5.74, 6) is -0.142. The van der Waals surface area contributed by atoms with Crippen LogP contribution < -0.4 is 11.1 Å². The maximum absolute atomic E-state index is 12.1. The first kappa shape index (κ1) is 12.6. The van der Waals surface area contributed by atoms with Crippen LogP contribution in [0.3, 0.4) is 0 Å². The van der Waals surface area contributed by atoms with Crippen LogP contribution in [-0.4, -0.2) is 26.5 Å². The molecular formula is C11H14ClN5O. The first-order chi connectivity index (χ1) is 8.51. The third-order valence-corrected chi connectivity index (χ3v) is 2.86. The van der Waals surface area contributed by atoms with Crippen molar-refractivity contribution in [1.82, 2.24) is 19.9 Å². The zero-order chi connectivity index (χ0) is 13.3. The Morgan fingerprint density at radius 3 is 3.00 bits per heavy atom. The van der Waals surface area contributed by atoms with Crippen LogP contribution in [0.1, 0.15) is 30.8 Å². The predicted molar refractivity (Wildman–Crippen MR) is 69.6 cm³/mol. The van der Waals surface area contributed by atoms with Crippen LogP contribution in [0.15, 0.2) is 12.1 Å². The predicted octanol–water partition coefficient (Wildman–Crippen LogP) is 1.49. The molecule has 0 aromatic carbocycles. The molecule has 2 aromatic heterocycles. The Balaban J connectivity index is 2.45. The number of aromatic nitrogens is 3. The lowest BCUT2D eigenvalue weighted by atomic mass is 10.2. The third-order valence-electron chi connectivity index (χ3n) is 2.64. The Morgan fingerprint density at radius 1 is 1.61 bits per heavy atom. The van der Waals surface area contributed by atoms with Crippen LogP contribution in [-0.2, 0) is 0 Å². The average molecular weight is 268 g/mol. The number of pyridine rings is 1. The first-order valence-electron chi connectivity index (χ1n) is 5.64. The minimum Gasteiger partial charge on any atom is -0.366 e. The number of carbonyl (C=O) groups excluding carboxylic acids is 1. The van der Waals surface area contributed by atoms with Gasteiger partial charge in [-0.05, 0) is 19.4 Å². The molecule has 7 heteroatoms.